The van der Waals surface area contributed by atoms with E-state index in [1.165, 1.54) is 12.5 Å². The zero-order valence-electron chi connectivity index (χ0n) is 18.8. The molecule has 12 heteroatoms. The standard InChI is InChI=1S/C20H34N6O6/c1-5-11(4)15(21)18(29)26-16(10(2)3)19(30)24-13(6-12-7-22-9-23-12)17(28)25-14(8-27)20(31)32/h7,9-11,13-16,27H,5-6,8,21H2,1-4H3,(H,22,23)(H,24,30)(H,25,28)(H,26,29)(H,31,32). The van der Waals surface area contributed by atoms with Crippen molar-refractivity contribution in [2.45, 2.75) is 64.7 Å². The molecule has 8 N–H and O–H groups in total. The highest BCUT2D eigenvalue weighted by molar-refractivity contribution is 5.94. The van der Waals surface area contributed by atoms with Gasteiger partial charge >= 0.3 is 5.97 Å². The highest BCUT2D eigenvalue weighted by Gasteiger charge is 2.32. The van der Waals surface area contributed by atoms with E-state index in [1.807, 2.05) is 13.8 Å². The Morgan fingerprint density at radius 3 is 2.16 bits per heavy atom. The number of H-pyrrole nitrogens is 1. The lowest BCUT2D eigenvalue weighted by Crippen LogP contribution is -2.59. The molecule has 180 valence electrons. The number of hydrogen-bond acceptors (Lipinski definition) is 7. The average Bonchev–Trinajstić information content (AvgIpc) is 3.26. The van der Waals surface area contributed by atoms with Gasteiger partial charge in [-0.3, -0.25) is 14.4 Å². The van der Waals surface area contributed by atoms with Gasteiger partial charge in [0, 0.05) is 18.3 Å². The molecule has 1 heterocycles. The molecule has 0 fully saturated rings. The van der Waals surface area contributed by atoms with Crippen LogP contribution in [0.2, 0.25) is 0 Å². The Hall–Kier alpha value is -2.99. The van der Waals surface area contributed by atoms with Gasteiger partial charge in [-0.2, -0.15) is 0 Å². The Labute approximate surface area is 186 Å². The fourth-order valence-corrected chi connectivity index (χ4v) is 2.84. The van der Waals surface area contributed by atoms with Crippen LogP contribution < -0.4 is 21.7 Å². The number of rotatable bonds is 13. The second-order valence-corrected chi connectivity index (χ2v) is 8.07. The Kier molecular flexibility index (Phi) is 10.8. The van der Waals surface area contributed by atoms with Gasteiger partial charge in [0.1, 0.15) is 18.1 Å². The molecule has 0 aliphatic heterocycles. The Balaban J connectivity index is 3.00. The number of nitrogens with two attached hydrogens (primary N) is 1. The number of aliphatic hydroxyl groups is 1. The maximum atomic E-state index is 13.0. The minimum atomic E-state index is -1.53. The molecule has 1 rings (SSSR count). The molecule has 0 aliphatic carbocycles. The normalized spacial score (nSPS) is 15.8. The molecule has 5 unspecified atom stereocenters. The zero-order valence-corrected chi connectivity index (χ0v) is 18.8. The molecule has 32 heavy (non-hydrogen) atoms. The van der Waals surface area contributed by atoms with E-state index in [0.717, 1.165) is 0 Å². The van der Waals surface area contributed by atoms with Crippen LogP contribution in [-0.4, -0.2) is 74.6 Å². The maximum Gasteiger partial charge on any atom is 0.328 e. The molecule has 0 saturated carbocycles. The van der Waals surface area contributed by atoms with E-state index >= 15 is 0 Å². The molecule has 3 amide bonds. The molecule has 0 aliphatic rings. The van der Waals surface area contributed by atoms with E-state index in [4.69, 9.17) is 10.8 Å². The largest absolute Gasteiger partial charge is 0.480 e. The van der Waals surface area contributed by atoms with Crippen molar-refractivity contribution in [3.8, 4) is 0 Å². The summed E-state index contributed by atoms with van der Waals surface area (Å²) in [6.07, 6.45) is 3.53. The van der Waals surface area contributed by atoms with Gasteiger partial charge in [-0.05, 0) is 11.8 Å². The Bertz CT molecular complexity index is 769. The lowest BCUT2D eigenvalue weighted by atomic mass is 9.97. The van der Waals surface area contributed by atoms with Gasteiger partial charge < -0.3 is 36.9 Å². The van der Waals surface area contributed by atoms with Crippen molar-refractivity contribution in [2.75, 3.05) is 6.61 Å². The SMILES string of the molecule is CCC(C)C(N)C(=O)NC(C(=O)NC(Cc1cnc[nH]1)C(=O)NC(CO)C(=O)O)C(C)C. The van der Waals surface area contributed by atoms with E-state index in [-0.39, 0.29) is 18.3 Å². The first-order valence-electron chi connectivity index (χ1n) is 10.5. The summed E-state index contributed by atoms with van der Waals surface area (Å²) in [7, 11) is 0. The van der Waals surface area contributed by atoms with Gasteiger partial charge in [0.15, 0.2) is 0 Å². The van der Waals surface area contributed by atoms with Crippen molar-refractivity contribution < 1.29 is 29.4 Å². The van der Waals surface area contributed by atoms with Gasteiger partial charge in [-0.25, -0.2) is 9.78 Å². The number of hydrogen-bond donors (Lipinski definition) is 7. The summed E-state index contributed by atoms with van der Waals surface area (Å²) >= 11 is 0. The smallest absolute Gasteiger partial charge is 0.328 e. The second kappa shape index (κ2) is 12.8. The summed E-state index contributed by atoms with van der Waals surface area (Å²) in [5.74, 6) is -3.73. The van der Waals surface area contributed by atoms with E-state index < -0.39 is 54.5 Å². The molecule has 5 atom stereocenters. The van der Waals surface area contributed by atoms with Crippen LogP contribution in [0.25, 0.3) is 0 Å². The fraction of sp³-hybridized carbons (Fsp3) is 0.650. The monoisotopic (exact) mass is 454 g/mol. The van der Waals surface area contributed by atoms with Crippen molar-refractivity contribution in [1.29, 1.82) is 0 Å². The molecule has 12 nitrogen and oxygen atoms in total. The summed E-state index contributed by atoms with van der Waals surface area (Å²) in [6.45, 7) is 6.38. The summed E-state index contributed by atoms with van der Waals surface area (Å²) in [4.78, 5) is 56.0. The summed E-state index contributed by atoms with van der Waals surface area (Å²) in [6, 6.07) is -4.47. The second-order valence-electron chi connectivity index (χ2n) is 8.07. The Morgan fingerprint density at radius 1 is 1.06 bits per heavy atom. The number of carbonyl (C=O) groups excluding carboxylic acids is 3. The average molecular weight is 455 g/mol. The van der Waals surface area contributed by atoms with Crippen LogP contribution in [0.4, 0.5) is 0 Å². The van der Waals surface area contributed by atoms with E-state index in [0.29, 0.717) is 12.1 Å². The van der Waals surface area contributed by atoms with Crippen molar-refractivity contribution in [3.63, 3.8) is 0 Å². The van der Waals surface area contributed by atoms with Crippen molar-refractivity contribution >= 4 is 23.7 Å². The first-order valence-corrected chi connectivity index (χ1v) is 10.5. The number of carbonyl (C=O) groups is 4. The van der Waals surface area contributed by atoms with Gasteiger partial charge in [-0.15, -0.1) is 0 Å². The number of imidazole rings is 1. The van der Waals surface area contributed by atoms with Crippen molar-refractivity contribution in [1.82, 2.24) is 25.9 Å². The molecule has 0 saturated heterocycles. The number of aromatic nitrogens is 2. The van der Waals surface area contributed by atoms with Crippen LogP contribution >= 0.6 is 0 Å². The number of carboxylic acid groups (broad SMARTS) is 1. The predicted octanol–water partition coefficient (Wildman–Crippen LogP) is -1.49. The van der Waals surface area contributed by atoms with Gasteiger partial charge in [0.05, 0.1) is 19.0 Å². The molecule has 0 aromatic carbocycles. The summed E-state index contributed by atoms with van der Waals surface area (Å²) in [5.41, 5.74) is 6.48. The number of nitrogens with one attached hydrogen (secondary N) is 4. The molecular weight excluding hydrogens is 420 g/mol. The molecule has 1 aromatic heterocycles. The molecule has 0 spiro atoms. The van der Waals surface area contributed by atoms with Gasteiger partial charge in [-0.1, -0.05) is 34.1 Å². The zero-order chi connectivity index (χ0) is 24.4. The number of amides is 3. The first-order chi connectivity index (χ1) is 15.0. The lowest BCUT2D eigenvalue weighted by Gasteiger charge is -2.27. The quantitative estimate of drug-likeness (QED) is 0.187. The van der Waals surface area contributed by atoms with E-state index in [9.17, 15) is 24.3 Å². The minimum Gasteiger partial charge on any atom is -0.480 e. The number of nitrogens with zero attached hydrogens (tertiary/aromatic N) is 1. The summed E-state index contributed by atoms with van der Waals surface area (Å²) in [5, 5.41) is 25.7. The van der Waals surface area contributed by atoms with E-state index in [1.54, 1.807) is 13.8 Å². The summed E-state index contributed by atoms with van der Waals surface area (Å²) < 4.78 is 0. The third-order valence-corrected chi connectivity index (χ3v) is 5.22. The first kappa shape index (κ1) is 27.0. The number of aliphatic hydroxyl groups excluding tert-OH is 1. The number of aliphatic carboxylic acids is 1. The van der Waals surface area contributed by atoms with Crippen LogP contribution in [0.3, 0.4) is 0 Å². The Morgan fingerprint density at radius 2 is 1.69 bits per heavy atom. The molecule has 1 aromatic rings. The third-order valence-electron chi connectivity index (χ3n) is 5.22. The molecule has 0 bridgehead atoms. The van der Waals surface area contributed by atoms with E-state index in [2.05, 4.69) is 25.9 Å². The van der Waals surface area contributed by atoms with Crippen LogP contribution in [0.1, 0.15) is 39.8 Å². The molecule has 0 radical (unpaired) electrons. The van der Waals surface area contributed by atoms with Crippen molar-refractivity contribution in [2.24, 2.45) is 17.6 Å². The molecular formula is C20H34N6O6. The fourth-order valence-electron chi connectivity index (χ4n) is 2.84. The van der Waals surface area contributed by atoms with Crippen LogP contribution in [0.15, 0.2) is 12.5 Å². The van der Waals surface area contributed by atoms with Crippen molar-refractivity contribution in [3.05, 3.63) is 18.2 Å². The van der Waals surface area contributed by atoms with Crippen LogP contribution in [0, 0.1) is 11.8 Å². The third kappa shape index (κ3) is 7.93. The minimum absolute atomic E-state index is 0.0134. The van der Waals surface area contributed by atoms with Crippen LogP contribution in [0.5, 0.6) is 0 Å². The highest BCUT2D eigenvalue weighted by atomic mass is 16.4. The predicted molar refractivity (Wildman–Crippen MR) is 115 cm³/mol. The maximum absolute atomic E-state index is 13.0. The van der Waals surface area contributed by atoms with Gasteiger partial charge in [0.25, 0.3) is 0 Å². The lowest BCUT2D eigenvalue weighted by molar-refractivity contribution is -0.143. The topological polar surface area (TPSA) is 200 Å². The van der Waals surface area contributed by atoms with Gasteiger partial charge in [0.2, 0.25) is 17.7 Å². The number of carboxylic acids is 1. The number of aromatic amines is 1. The highest BCUT2D eigenvalue weighted by Crippen LogP contribution is 2.09. The van der Waals surface area contributed by atoms with Crippen LogP contribution in [-0.2, 0) is 25.6 Å².